The van der Waals surface area contributed by atoms with Crippen LogP contribution in [0.3, 0.4) is 0 Å². The van der Waals surface area contributed by atoms with E-state index in [0.29, 0.717) is 51.4 Å². The molecule has 12 heteroatoms. The molecule has 0 saturated heterocycles. The third kappa shape index (κ3) is 14.6. The monoisotopic (exact) mass is 452 g/mol. The van der Waals surface area contributed by atoms with Crippen LogP contribution in [-0.2, 0) is 36.1 Å². The van der Waals surface area contributed by atoms with E-state index in [2.05, 4.69) is 9.98 Å². The molecule has 0 aromatic rings. The Hall–Kier alpha value is -1.05. The largest absolute Gasteiger partial charge is 0.500 e. The van der Waals surface area contributed by atoms with Crippen molar-refractivity contribution in [1.82, 2.24) is 0 Å². The van der Waals surface area contributed by atoms with Gasteiger partial charge in [0.2, 0.25) is 12.2 Å². The van der Waals surface area contributed by atoms with Crippen molar-refractivity contribution in [3.8, 4) is 0 Å². The Morgan fingerprint density at radius 1 is 0.655 bits per heavy atom. The molecule has 0 rings (SSSR count). The molecule has 0 amide bonds. The van der Waals surface area contributed by atoms with E-state index in [0.717, 1.165) is 6.42 Å². The Labute approximate surface area is 176 Å². The molecule has 0 aromatic heterocycles. The summed E-state index contributed by atoms with van der Waals surface area (Å²) in [5.41, 5.74) is 0. The molecule has 0 spiro atoms. The van der Waals surface area contributed by atoms with Gasteiger partial charge in [-0.05, 0) is 33.6 Å². The van der Waals surface area contributed by atoms with Crippen molar-refractivity contribution in [2.45, 2.75) is 45.7 Å². The van der Waals surface area contributed by atoms with E-state index >= 15 is 0 Å². The molecular formula is C17H36N2O8Si2. The van der Waals surface area contributed by atoms with Crippen LogP contribution in [0, 0.1) is 0 Å². The van der Waals surface area contributed by atoms with Gasteiger partial charge in [-0.3, -0.25) is 0 Å². The summed E-state index contributed by atoms with van der Waals surface area (Å²) in [5, 5.41) is 0. The van der Waals surface area contributed by atoms with Gasteiger partial charge >= 0.3 is 17.6 Å². The van der Waals surface area contributed by atoms with Gasteiger partial charge in [0.15, 0.2) is 0 Å². The minimum atomic E-state index is -2.54. The summed E-state index contributed by atoms with van der Waals surface area (Å²) in [5.74, 6) is 0. The molecule has 0 saturated carbocycles. The first-order valence-corrected chi connectivity index (χ1v) is 13.5. The molecule has 0 heterocycles. The Bertz CT molecular complexity index is 457. The maximum absolute atomic E-state index is 9.93. The summed E-state index contributed by atoms with van der Waals surface area (Å²) in [6.45, 7) is 8.37. The van der Waals surface area contributed by atoms with Gasteiger partial charge in [0, 0.05) is 53.2 Å². The quantitative estimate of drug-likeness (QED) is 0.143. The summed E-state index contributed by atoms with van der Waals surface area (Å²) in [6, 6.07) is 1.34. The molecule has 0 fully saturated rings. The Morgan fingerprint density at radius 2 is 1.00 bits per heavy atom. The minimum absolute atomic E-state index is 0.439. The van der Waals surface area contributed by atoms with Crippen LogP contribution in [0.25, 0.3) is 0 Å². The second-order valence-corrected chi connectivity index (χ2v) is 11.3. The predicted octanol–water partition coefficient (Wildman–Crippen LogP) is 2.35. The zero-order valence-electron chi connectivity index (χ0n) is 18.5. The molecule has 10 nitrogen and oxygen atoms in total. The summed E-state index contributed by atoms with van der Waals surface area (Å²) in [7, 11) is -0.319. The van der Waals surface area contributed by atoms with Crippen molar-refractivity contribution >= 4 is 29.8 Å². The third-order valence-electron chi connectivity index (χ3n) is 3.66. The van der Waals surface area contributed by atoms with Crippen molar-refractivity contribution < 1.29 is 36.1 Å². The average Bonchev–Trinajstić information content (AvgIpc) is 2.73. The van der Waals surface area contributed by atoms with Crippen LogP contribution in [0.4, 0.5) is 0 Å². The lowest BCUT2D eigenvalue weighted by molar-refractivity contribution is 0.0710. The number of rotatable bonds is 17. The van der Waals surface area contributed by atoms with Gasteiger partial charge in [-0.15, -0.1) is 0 Å². The average molecular weight is 453 g/mol. The Kier molecular flexibility index (Phi) is 21.0. The molecule has 170 valence electrons. The van der Waals surface area contributed by atoms with Gasteiger partial charge in [0.05, 0.1) is 13.1 Å². The smallest absolute Gasteiger partial charge is 0.377 e. The highest BCUT2D eigenvalue weighted by molar-refractivity contribution is 6.61. The summed E-state index contributed by atoms with van der Waals surface area (Å²) in [4.78, 5) is 26.6. The molecule has 0 N–H and O–H groups in total. The van der Waals surface area contributed by atoms with E-state index in [-0.39, 0.29) is 0 Å². The van der Waals surface area contributed by atoms with Crippen LogP contribution in [0.2, 0.25) is 12.1 Å². The predicted molar refractivity (Wildman–Crippen MR) is 112 cm³/mol. The number of isocyanates is 2. The minimum Gasteiger partial charge on any atom is -0.377 e. The van der Waals surface area contributed by atoms with Crippen molar-refractivity contribution in [3.63, 3.8) is 0 Å². The second-order valence-electron chi connectivity index (χ2n) is 5.43. The van der Waals surface area contributed by atoms with E-state index in [9.17, 15) is 9.59 Å². The van der Waals surface area contributed by atoms with Gasteiger partial charge in [-0.1, -0.05) is 0 Å². The molecule has 0 aliphatic rings. The lowest BCUT2D eigenvalue weighted by Crippen LogP contribution is -2.46. The van der Waals surface area contributed by atoms with Crippen molar-refractivity contribution in [2.24, 2.45) is 9.98 Å². The van der Waals surface area contributed by atoms with Gasteiger partial charge < -0.3 is 26.6 Å². The summed E-state index contributed by atoms with van der Waals surface area (Å²) < 4.78 is 32.4. The van der Waals surface area contributed by atoms with Crippen LogP contribution >= 0.6 is 0 Å². The molecule has 0 unspecified atom stereocenters. The molecule has 0 atom stereocenters. The first kappa shape index (κ1) is 30.1. The fraction of sp³-hybridized carbons (Fsp3) is 0.882. The van der Waals surface area contributed by atoms with Crippen LogP contribution < -0.4 is 0 Å². The van der Waals surface area contributed by atoms with Crippen molar-refractivity contribution in [2.75, 3.05) is 54.2 Å². The fourth-order valence-electron chi connectivity index (χ4n) is 2.40. The van der Waals surface area contributed by atoms with Gasteiger partial charge in [0.1, 0.15) is 0 Å². The van der Waals surface area contributed by atoms with Gasteiger partial charge in [-0.2, -0.15) is 0 Å². The molecule has 0 aliphatic carbocycles. The molecule has 0 bridgehead atoms. The molecular weight excluding hydrogens is 416 g/mol. The zero-order chi connectivity index (χ0) is 22.4. The standard InChI is InChI=1S/C10H21NO4Si.C7H15NO4Si/c1-4-13-16(14-5-2,15-6-3)9-7-8-11-10-12;1-10-13(11-2,12-3)6-4-5-8-7-9/h4-9H2,1-3H3;4-6H2,1-3H3. The van der Waals surface area contributed by atoms with E-state index in [1.54, 1.807) is 21.3 Å². The fourth-order valence-corrected chi connectivity index (χ4v) is 6.70. The molecule has 0 radical (unpaired) electrons. The molecule has 0 aliphatic heterocycles. The van der Waals surface area contributed by atoms with E-state index < -0.39 is 17.6 Å². The second kappa shape index (κ2) is 20.2. The van der Waals surface area contributed by atoms with E-state index in [1.807, 2.05) is 20.8 Å². The van der Waals surface area contributed by atoms with Gasteiger partial charge in [0.25, 0.3) is 0 Å². The number of nitrogens with zero attached hydrogens (tertiary/aromatic N) is 2. The number of hydrogen-bond donors (Lipinski definition) is 0. The lowest BCUT2D eigenvalue weighted by Gasteiger charge is -2.28. The highest BCUT2D eigenvalue weighted by Gasteiger charge is 2.39. The summed E-state index contributed by atoms with van der Waals surface area (Å²) in [6.07, 6.45) is 4.42. The topological polar surface area (TPSA) is 114 Å². The maximum atomic E-state index is 9.93. The van der Waals surface area contributed by atoms with E-state index in [4.69, 9.17) is 26.6 Å². The van der Waals surface area contributed by atoms with Crippen molar-refractivity contribution in [1.29, 1.82) is 0 Å². The molecule has 0 aromatic carbocycles. The first-order valence-electron chi connectivity index (χ1n) is 9.63. The highest BCUT2D eigenvalue weighted by Crippen LogP contribution is 2.18. The van der Waals surface area contributed by atoms with Crippen molar-refractivity contribution in [3.05, 3.63) is 0 Å². The van der Waals surface area contributed by atoms with Crippen LogP contribution in [0.15, 0.2) is 9.98 Å². The zero-order valence-corrected chi connectivity index (χ0v) is 20.5. The van der Waals surface area contributed by atoms with Crippen LogP contribution in [0.1, 0.15) is 33.6 Å². The van der Waals surface area contributed by atoms with Gasteiger partial charge in [-0.25, -0.2) is 19.6 Å². The SMILES string of the molecule is CCO[Si](CCCN=C=O)(OCC)OCC.CO[Si](CCCN=C=O)(OC)OC. The maximum Gasteiger partial charge on any atom is 0.500 e. The number of aliphatic imine (C=N–C) groups is 2. The highest BCUT2D eigenvalue weighted by atomic mass is 28.4. The lowest BCUT2D eigenvalue weighted by atomic mass is 10.5. The van der Waals surface area contributed by atoms with E-state index in [1.165, 1.54) is 12.2 Å². The summed E-state index contributed by atoms with van der Waals surface area (Å²) >= 11 is 0. The van der Waals surface area contributed by atoms with Crippen LogP contribution in [0.5, 0.6) is 0 Å². The Morgan fingerprint density at radius 3 is 1.28 bits per heavy atom. The molecule has 29 heavy (non-hydrogen) atoms. The first-order chi connectivity index (χ1) is 14.0. The van der Waals surface area contributed by atoms with Crippen LogP contribution in [-0.4, -0.2) is 84.0 Å². The number of hydrogen-bond acceptors (Lipinski definition) is 10. The Balaban J connectivity index is 0. The number of carbonyl (C=O) groups excluding carboxylic acids is 2. The third-order valence-corrected chi connectivity index (χ3v) is 9.64. The normalized spacial score (nSPS) is 11.1.